The lowest BCUT2D eigenvalue weighted by atomic mass is 10.1. The molecule has 1 fully saturated rings. The summed E-state index contributed by atoms with van der Waals surface area (Å²) in [5, 5.41) is 6.96. The van der Waals surface area contributed by atoms with Crippen LogP contribution in [0.15, 0.2) is 24.3 Å². The number of hydrogen-bond acceptors (Lipinski definition) is 4. The largest absolute Gasteiger partial charge is 0.497 e. The molecular formula is C14H22N2O2. The molecule has 0 spiro atoms. The van der Waals surface area contributed by atoms with E-state index in [1.54, 1.807) is 7.11 Å². The Bertz CT molecular complexity index is 365. The first kappa shape index (κ1) is 13.2. The van der Waals surface area contributed by atoms with Crippen molar-refractivity contribution in [3.8, 4) is 5.75 Å². The van der Waals surface area contributed by atoms with Crippen LogP contribution in [0.4, 0.5) is 5.69 Å². The molecule has 0 aliphatic carbocycles. The van der Waals surface area contributed by atoms with Gasteiger partial charge in [0, 0.05) is 30.4 Å². The van der Waals surface area contributed by atoms with Gasteiger partial charge in [0.2, 0.25) is 0 Å². The molecule has 0 aromatic heterocycles. The number of ether oxygens (including phenoxy) is 2. The molecule has 0 radical (unpaired) electrons. The Kier molecular flexibility index (Phi) is 4.84. The van der Waals surface area contributed by atoms with Crippen LogP contribution in [-0.4, -0.2) is 39.0 Å². The van der Waals surface area contributed by atoms with Gasteiger partial charge in [-0.3, -0.25) is 0 Å². The summed E-state index contributed by atoms with van der Waals surface area (Å²) in [4.78, 5) is 0. The number of methoxy groups -OCH3 is 1. The van der Waals surface area contributed by atoms with Crippen LogP contribution >= 0.6 is 0 Å². The van der Waals surface area contributed by atoms with E-state index in [1.807, 2.05) is 18.2 Å². The van der Waals surface area contributed by atoms with Crippen molar-refractivity contribution in [2.75, 3.05) is 32.2 Å². The Morgan fingerprint density at radius 3 is 3.17 bits per heavy atom. The van der Waals surface area contributed by atoms with Gasteiger partial charge in [0.1, 0.15) is 5.75 Å². The van der Waals surface area contributed by atoms with Gasteiger partial charge in [0.05, 0.1) is 20.3 Å². The lowest BCUT2D eigenvalue weighted by Gasteiger charge is -2.27. The van der Waals surface area contributed by atoms with Crippen molar-refractivity contribution in [3.63, 3.8) is 0 Å². The van der Waals surface area contributed by atoms with Crippen molar-refractivity contribution >= 4 is 5.69 Å². The average molecular weight is 250 g/mol. The molecular weight excluding hydrogens is 228 g/mol. The number of hydrogen-bond donors (Lipinski definition) is 2. The maximum absolute atomic E-state index is 5.46. The van der Waals surface area contributed by atoms with E-state index in [-0.39, 0.29) is 0 Å². The first-order valence-electron chi connectivity index (χ1n) is 6.49. The van der Waals surface area contributed by atoms with Gasteiger partial charge in [-0.2, -0.15) is 0 Å². The van der Waals surface area contributed by atoms with E-state index in [2.05, 4.69) is 23.6 Å². The van der Waals surface area contributed by atoms with Crippen LogP contribution in [0.25, 0.3) is 0 Å². The number of benzene rings is 1. The summed E-state index contributed by atoms with van der Waals surface area (Å²) in [5.41, 5.74) is 1.10. The molecule has 1 aromatic carbocycles. The lowest BCUT2D eigenvalue weighted by Crippen LogP contribution is -2.43. The monoisotopic (exact) mass is 250 g/mol. The van der Waals surface area contributed by atoms with E-state index in [1.165, 1.54) is 0 Å². The van der Waals surface area contributed by atoms with Crippen molar-refractivity contribution in [1.29, 1.82) is 0 Å². The maximum atomic E-state index is 5.46. The molecule has 1 aromatic rings. The fraction of sp³-hybridized carbons (Fsp3) is 0.571. The summed E-state index contributed by atoms with van der Waals surface area (Å²) in [6.07, 6.45) is 1.05. The summed E-state index contributed by atoms with van der Waals surface area (Å²) < 4.78 is 10.7. The van der Waals surface area contributed by atoms with Gasteiger partial charge in [0.15, 0.2) is 0 Å². The van der Waals surface area contributed by atoms with Gasteiger partial charge in [-0.25, -0.2) is 0 Å². The van der Waals surface area contributed by atoms with Crippen LogP contribution in [0.5, 0.6) is 5.75 Å². The molecule has 4 nitrogen and oxygen atoms in total. The molecule has 1 aliphatic heterocycles. The minimum atomic E-state index is 0.399. The molecule has 4 heteroatoms. The van der Waals surface area contributed by atoms with Crippen molar-refractivity contribution in [2.24, 2.45) is 0 Å². The molecule has 0 bridgehead atoms. The van der Waals surface area contributed by atoms with Crippen LogP contribution in [0.3, 0.4) is 0 Å². The average Bonchev–Trinajstić information content (AvgIpc) is 2.40. The van der Waals surface area contributed by atoms with E-state index in [0.717, 1.165) is 37.6 Å². The quantitative estimate of drug-likeness (QED) is 0.837. The topological polar surface area (TPSA) is 42.5 Å². The first-order valence-corrected chi connectivity index (χ1v) is 6.49. The number of morpholine rings is 1. The zero-order valence-corrected chi connectivity index (χ0v) is 11.1. The smallest absolute Gasteiger partial charge is 0.120 e. The minimum Gasteiger partial charge on any atom is -0.497 e. The Hall–Kier alpha value is -1.26. The van der Waals surface area contributed by atoms with E-state index < -0.39 is 0 Å². The summed E-state index contributed by atoms with van der Waals surface area (Å²) in [6.45, 7) is 4.78. The normalized spacial score (nSPS) is 21.3. The number of anilines is 1. The van der Waals surface area contributed by atoms with Crippen LogP contribution in [0.2, 0.25) is 0 Å². The molecule has 18 heavy (non-hydrogen) atoms. The zero-order valence-electron chi connectivity index (χ0n) is 11.1. The molecule has 2 N–H and O–H groups in total. The third kappa shape index (κ3) is 3.89. The highest BCUT2D eigenvalue weighted by molar-refractivity contribution is 5.48. The lowest BCUT2D eigenvalue weighted by molar-refractivity contribution is 0.0731. The highest BCUT2D eigenvalue weighted by Gasteiger charge is 2.16. The molecule has 2 rings (SSSR count). The Morgan fingerprint density at radius 2 is 2.44 bits per heavy atom. The fourth-order valence-corrected chi connectivity index (χ4v) is 2.25. The van der Waals surface area contributed by atoms with Crippen molar-refractivity contribution in [3.05, 3.63) is 24.3 Å². The van der Waals surface area contributed by atoms with Gasteiger partial charge in [-0.1, -0.05) is 6.07 Å². The van der Waals surface area contributed by atoms with Crippen molar-refractivity contribution in [1.82, 2.24) is 5.32 Å². The van der Waals surface area contributed by atoms with Gasteiger partial charge in [-0.05, 0) is 25.5 Å². The molecule has 0 saturated carbocycles. The predicted octanol–water partition coefficient (Wildman–Crippen LogP) is 1.87. The van der Waals surface area contributed by atoms with Crippen molar-refractivity contribution < 1.29 is 9.47 Å². The van der Waals surface area contributed by atoms with Crippen LogP contribution in [0.1, 0.15) is 13.3 Å². The second-order valence-corrected chi connectivity index (χ2v) is 4.74. The molecule has 100 valence electrons. The van der Waals surface area contributed by atoms with Gasteiger partial charge >= 0.3 is 0 Å². The maximum Gasteiger partial charge on any atom is 0.120 e. The zero-order chi connectivity index (χ0) is 12.8. The molecule has 2 atom stereocenters. The van der Waals surface area contributed by atoms with E-state index in [4.69, 9.17) is 9.47 Å². The number of nitrogens with one attached hydrogen (secondary N) is 2. The summed E-state index contributed by atoms with van der Waals surface area (Å²) in [7, 11) is 1.69. The molecule has 2 unspecified atom stereocenters. The fourth-order valence-electron chi connectivity index (χ4n) is 2.25. The van der Waals surface area contributed by atoms with Crippen LogP contribution in [-0.2, 0) is 4.74 Å². The first-order chi connectivity index (χ1) is 8.78. The molecule has 0 amide bonds. The van der Waals surface area contributed by atoms with E-state index in [9.17, 15) is 0 Å². The Balaban J connectivity index is 1.83. The summed E-state index contributed by atoms with van der Waals surface area (Å²) in [6, 6.07) is 8.87. The highest BCUT2D eigenvalue weighted by atomic mass is 16.5. The van der Waals surface area contributed by atoms with Crippen LogP contribution in [0, 0.1) is 0 Å². The SMILES string of the molecule is COc1cccc(NC(C)CC2COCCN2)c1. The van der Waals surface area contributed by atoms with E-state index >= 15 is 0 Å². The van der Waals surface area contributed by atoms with Gasteiger partial charge < -0.3 is 20.1 Å². The van der Waals surface area contributed by atoms with Gasteiger partial charge in [-0.15, -0.1) is 0 Å². The van der Waals surface area contributed by atoms with Crippen molar-refractivity contribution in [2.45, 2.75) is 25.4 Å². The standard InChI is InChI=1S/C14H22N2O2/c1-11(8-13-10-18-7-6-15-13)16-12-4-3-5-14(9-12)17-2/h3-5,9,11,13,15-16H,6-8,10H2,1-2H3. The third-order valence-corrected chi connectivity index (χ3v) is 3.12. The van der Waals surface area contributed by atoms with E-state index in [0.29, 0.717) is 12.1 Å². The van der Waals surface area contributed by atoms with Gasteiger partial charge in [0.25, 0.3) is 0 Å². The highest BCUT2D eigenvalue weighted by Crippen LogP contribution is 2.18. The Labute approximate surface area is 109 Å². The second kappa shape index (κ2) is 6.61. The summed E-state index contributed by atoms with van der Waals surface area (Å²) in [5.74, 6) is 0.881. The Morgan fingerprint density at radius 1 is 1.56 bits per heavy atom. The van der Waals surface area contributed by atoms with Crippen LogP contribution < -0.4 is 15.4 Å². The summed E-state index contributed by atoms with van der Waals surface area (Å²) >= 11 is 0. The second-order valence-electron chi connectivity index (χ2n) is 4.74. The predicted molar refractivity (Wildman–Crippen MR) is 73.3 cm³/mol. The number of rotatable bonds is 5. The minimum absolute atomic E-state index is 0.399. The molecule has 1 heterocycles. The molecule has 1 aliphatic rings. The third-order valence-electron chi connectivity index (χ3n) is 3.12. The molecule has 1 saturated heterocycles.